The molecule has 0 atom stereocenters. The molecule has 1 heterocycles. The van der Waals surface area contributed by atoms with Gasteiger partial charge < -0.3 is 10.6 Å². The van der Waals surface area contributed by atoms with Crippen molar-refractivity contribution in [2.75, 3.05) is 10.6 Å². The molecule has 19 heavy (non-hydrogen) atoms. The van der Waals surface area contributed by atoms with E-state index < -0.39 is 11.8 Å². The Morgan fingerprint density at radius 3 is 2.74 bits per heavy atom. The topological polar surface area (TPSA) is 54.0 Å². The van der Waals surface area contributed by atoms with Crippen molar-refractivity contribution in [3.63, 3.8) is 0 Å². The zero-order valence-corrected chi connectivity index (χ0v) is 10.7. The fourth-order valence-electron chi connectivity index (χ4n) is 1.65. The molecule has 0 bridgehead atoms. The van der Waals surface area contributed by atoms with Crippen LogP contribution >= 0.6 is 0 Å². The zero-order valence-electron chi connectivity index (χ0n) is 10.7. The first-order valence-corrected chi connectivity index (χ1v) is 5.82. The van der Waals surface area contributed by atoms with Crippen LogP contribution < -0.4 is 10.6 Å². The van der Waals surface area contributed by atoms with Crippen LogP contribution in [-0.2, 0) is 0 Å². The summed E-state index contributed by atoms with van der Waals surface area (Å²) >= 11 is 0. The Kier molecular flexibility index (Phi) is 3.75. The van der Waals surface area contributed by atoms with Crippen molar-refractivity contribution >= 4 is 17.4 Å². The summed E-state index contributed by atoms with van der Waals surface area (Å²) in [6.07, 6.45) is 1.60. The van der Waals surface area contributed by atoms with Crippen LogP contribution in [0.2, 0.25) is 0 Å². The number of nitrogens with one attached hydrogen (secondary N) is 2. The summed E-state index contributed by atoms with van der Waals surface area (Å²) < 4.78 is 13.7. The number of carbonyl (C=O) groups excluding carboxylic acids is 1. The molecule has 2 rings (SSSR count). The fraction of sp³-hybridized carbons (Fsp3) is 0.143. The number of nitrogens with zero attached hydrogens (tertiary/aromatic N) is 1. The van der Waals surface area contributed by atoms with Gasteiger partial charge in [0, 0.05) is 17.6 Å². The quantitative estimate of drug-likeness (QED) is 0.867. The standard InChI is InChI=1S/C14H14FN3O/c1-9-4-3-5-12(13(9)15)18-14(19)17-11-6-7-16-10(2)8-11/h3-8H,1-2H3,(H2,16,17,18,19). The second-order valence-corrected chi connectivity index (χ2v) is 4.20. The van der Waals surface area contributed by atoms with Gasteiger partial charge in [0.15, 0.2) is 0 Å². The van der Waals surface area contributed by atoms with Crippen molar-refractivity contribution in [2.45, 2.75) is 13.8 Å². The first-order chi connectivity index (χ1) is 9.06. The van der Waals surface area contributed by atoms with Crippen LogP contribution in [0.5, 0.6) is 0 Å². The molecule has 0 aliphatic carbocycles. The van der Waals surface area contributed by atoms with Gasteiger partial charge in [0.1, 0.15) is 5.82 Å². The molecule has 0 aliphatic rings. The monoisotopic (exact) mass is 259 g/mol. The number of urea groups is 1. The normalized spacial score (nSPS) is 10.1. The van der Waals surface area contributed by atoms with Crippen LogP contribution in [0.25, 0.3) is 0 Å². The Hall–Kier alpha value is -2.43. The molecule has 0 saturated carbocycles. The Bertz CT molecular complexity index is 613. The smallest absolute Gasteiger partial charge is 0.308 e. The van der Waals surface area contributed by atoms with Crippen LogP contribution in [-0.4, -0.2) is 11.0 Å². The minimum Gasteiger partial charge on any atom is -0.308 e. The van der Waals surface area contributed by atoms with E-state index in [1.807, 2.05) is 6.92 Å². The summed E-state index contributed by atoms with van der Waals surface area (Å²) in [5, 5.41) is 5.09. The molecule has 0 saturated heterocycles. The summed E-state index contributed by atoms with van der Waals surface area (Å²) in [5.41, 5.74) is 2.04. The van der Waals surface area contributed by atoms with Crippen LogP contribution in [0.4, 0.5) is 20.6 Å². The lowest BCUT2D eigenvalue weighted by molar-refractivity contribution is 0.262. The van der Waals surface area contributed by atoms with Gasteiger partial charge in [-0.05, 0) is 37.6 Å². The lowest BCUT2D eigenvalue weighted by Crippen LogP contribution is -2.20. The highest BCUT2D eigenvalue weighted by Gasteiger charge is 2.08. The second kappa shape index (κ2) is 5.48. The predicted molar refractivity (Wildman–Crippen MR) is 72.8 cm³/mol. The number of hydrogen-bond donors (Lipinski definition) is 2. The zero-order chi connectivity index (χ0) is 13.8. The summed E-state index contributed by atoms with van der Waals surface area (Å²) in [6, 6.07) is 7.75. The second-order valence-electron chi connectivity index (χ2n) is 4.20. The van der Waals surface area contributed by atoms with Gasteiger partial charge in [0.05, 0.1) is 5.69 Å². The molecule has 4 nitrogen and oxygen atoms in total. The van der Waals surface area contributed by atoms with E-state index in [1.54, 1.807) is 37.4 Å². The number of benzene rings is 1. The van der Waals surface area contributed by atoms with E-state index in [1.165, 1.54) is 6.07 Å². The molecule has 98 valence electrons. The molecule has 0 radical (unpaired) electrons. The van der Waals surface area contributed by atoms with Gasteiger partial charge in [-0.15, -0.1) is 0 Å². The fourth-order valence-corrected chi connectivity index (χ4v) is 1.65. The highest BCUT2D eigenvalue weighted by molar-refractivity contribution is 5.99. The molecular formula is C14H14FN3O. The molecule has 1 aromatic carbocycles. The number of aromatic nitrogens is 1. The van der Waals surface area contributed by atoms with E-state index in [4.69, 9.17) is 0 Å². The van der Waals surface area contributed by atoms with Gasteiger partial charge in [0.2, 0.25) is 0 Å². The van der Waals surface area contributed by atoms with Crippen LogP contribution in [0.3, 0.4) is 0 Å². The van der Waals surface area contributed by atoms with E-state index >= 15 is 0 Å². The first kappa shape index (κ1) is 13.0. The van der Waals surface area contributed by atoms with Crippen LogP contribution in [0, 0.1) is 19.7 Å². The van der Waals surface area contributed by atoms with Crippen molar-refractivity contribution in [3.8, 4) is 0 Å². The number of hydrogen-bond acceptors (Lipinski definition) is 2. The number of anilines is 2. The number of rotatable bonds is 2. The summed E-state index contributed by atoms with van der Waals surface area (Å²) in [7, 11) is 0. The van der Waals surface area contributed by atoms with E-state index in [-0.39, 0.29) is 5.69 Å². The minimum atomic E-state index is -0.491. The van der Waals surface area contributed by atoms with Crippen LogP contribution in [0.15, 0.2) is 36.5 Å². The van der Waals surface area contributed by atoms with Gasteiger partial charge in [-0.3, -0.25) is 4.98 Å². The van der Waals surface area contributed by atoms with Crippen molar-refractivity contribution < 1.29 is 9.18 Å². The molecule has 0 spiro atoms. The van der Waals surface area contributed by atoms with Gasteiger partial charge >= 0.3 is 6.03 Å². The van der Waals surface area contributed by atoms with E-state index in [0.717, 1.165) is 5.69 Å². The highest BCUT2D eigenvalue weighted by Crippen LogP contribution is 2.17. The van der Waals surface area contributed by atoms with Gasteiger partial charge in [0.25, 0.3) is 0 Å². The highest BCUT2D eigenvalue weighted by atomic mass is 19.1. The molecule has 2 aromatic rings. The number of aryl methyl sites for hydroxylation is 2. The van der Waals surface area contributed by atoms with Gasteiger partial charge in [-0.1, -0.05) is 12.1 Å². The van der Waals surface area contributed by atoms with Crippen molar-refractivity contribution in [1.82, 2.24) is 4.98 Å². The average Bonchev–Trinajstić information content (AvgIpc) is 2.35. The molecule has 0 unspecified atom stereocenters. The maximum absolute atomic E-state index is 13.7. The summed E-state index contributed by atoms with van der Waals surface area (Å²) in [4.78, 5) is 15.8. The lowest BCUT2D eigenvalue weighted by atomic mass is 10.2. The maximum Gasteiger partial charge on any atom is 0.323 e. The number of amides is 2. The first-order valence-electron chi connectivity index (χ1n) is 5.82. The third-order valence-electron chi connectivity index (χ3n) is 2.59. The van der Waals surface area contributed by atoms with Gasteiger partial charge in [-0.2, -0.15) is 0 Å². The Balaban J connectivity index is 2.08. The van der Waals surface area contributed by atoms with E-state index in [2.05, 4.69) is 15.6 Å². The largest absolute Gasteiger partial charge is 0.323 e. The number of halogens is 1. The molecule has 1 aromatic heterocycles. The predicted octanol–water partition coefficient (Wildman–Crippen LogP) is 3.48. The average molecular weight is 259 g/mol. The SMILES string of the molecule is Cc1cc(NC(=O)Nc2cccc(C)c2F)ccn1. The Labute approximate surface area is 110 Å². The van der Waals surface area contributed by atoms with Crippen molar-refractivity contribution in [1.29, 1.82) is 0 Å². The molecule has 2 N–H and O–H groups in total. The van der Waals surface area contributed by atoms with Crippen LogP contribution in [0.1, 0.15) is 11.3 Å². The summed E-state index contributed by atoms with van der Waals surface area (Å²) in [5.74, 6) is -0.427. The van der Waals surface area contributed by atoms with E-state index in [9.17, 15) is 9.18 Å². The number of pyridine rings is 1. The molecule has 2 amide bonds. The maximum atomic E-state index is 13.7. The summed E-state index contributed by atoms with van der Waals surface area (Å²) in [6.45, 7) is 3.47. The Morgan fingerprint density at radius 2 is 2.00 bits per heavy atom. The third kappa shape index (κ3) is 3.28. The lowest BCUT2D eigenvalue weighted by Gasteiger charge is -2.09. The van der Waals surface area contributed by atoms with Crippen molar-refractivity contribution in [3.05, 3.63) is 53.6 Å². The van der Waals surface area contributed by atoms with Gasteiger partial charge in [-0.25, -0.2) is 9.18 Å². The van der Waals surface area contributed by atoms with E-state index in [0.29, 0.717) is 11.3 Å². The minimum absolute atomic E-state index is 0.156. The third-order valence-corrected chi connectivity index (χ3v) is 2.59. The molecule has 0 fully saturated rings. The molecular weight excluding hydrogens is 245 g/mol. The Morgan fingerprint density at radius 1 is 1.21 bits per heavy atom. The molecule has 5 heteroatoms. The number of carbonyl (C=O) groups is 1. The van der Waals surface area contributed by atoms with Crippen molar-refractivity contribution in [2.24, 2.45) is 0 Å². The molecule has 0 aliphatic heterocycles.